The number of aromatic carboxylic acids is 1. The van der Waals surface area contributed by atoms with Crippen LogP contribution >= 0.6 is 27.7 Å². The maximum Gasteiger partial charge on any atom is 0.336 e. The fraction of sp³-hybridized carbons (Fsp3) is 0.133. The molecule has 0 atom stereocenters. The molecule has 3 nitrogen and oxygen atoms in total. The van der Waals surface area contributed by atoms with E-state index in [1.165, 1.54) is 11.8 Å². The van der Waals surface area contributed by atoms with Gasteiger partial charge in [0.05, 0.1) is 12.7 Å². The van der Waals surface area contributed by atoms with Gasteiger partial charge in [-0.2, -0.15) is 0 Å². The molecule has 0 amide bonds. The van der Waals surface area contributed by atoms with Crippen LogP contribution in [0.5, 0.6) is 5.75 Å². The summed E-state index contributed by atoms with van der Waals surface area (Å²) in [6, 6.07) is 12.8. The van der Waals surface area contributed by atoms with Crippen LogP contribution in [0.25, 0.3) is 0 Å². The van der Waals surface area contributed by atoms with Gasteiger partial charge in [-0.25, -0.2) is 4.79 Å². The van der Waals surface area contributed by atoms with E-state index < -0.39 is 5.97 Å². The van der Waals surface area contributed by atoms with Gasteiger partial charge in [0.2, 0.25) is 0 Å². The lowest BCUT2D eigenvalue weighted by Gasteiger charge is -2.10. The average molecular weight is 353 g/mol. The van der Waals surface area contributed by atoms with Crippen molar-refractivity contribution in [2.24, 2.45) is 0 Å². The molecule has 104 valence electrons. The lowest BCUT2D eigenvalue weighted by atomic mass is 10.2. The molecule has 0 aliphatic heterocycles. The largest absolute Gasteiger partial charge is 0.496 e. The van der Waals surface area contributed by atoms with E-state index in [0.717, 1.165) is 20.7 Å². The number of rotatable bonds is 5. The van der Waals surface area contributed by atoms with Crippen LogP contribution < -0.4 is 4.74 Å². The molecule has 20 heavy (non-hydrogen) atoms. The van der Waals surface area contributed by atoms with E-state index in [1.807, 2.05) is 30.3 Å². The zero-order chi connectivity index (χ0) is 14.5. The monoisotopic (exact) mass is 352 g/mol. The highest BCUT2D eigenvalue weighted by Crippen LogP contribution is 2.31. The molecule has 0 aromatic heterocycles. The fourth-order valence-corrected chi connectivity index (χ4v) is 3.22. The number of carboxylic acids is 1. The average Bonchev–Trinajstić information content (AvgIpc) is 2.45. The van der Waals surface area contributed by atoms with Gasteiger partial charge in [-0.05, 0) is 30.3 Å². The predicted molar refractivity (Wildman–Crippen MR) is 83.7 cm³/mol. The molecule has 1 N–H and O–H groups in total. The molecule has 0 saturated heterocycles. The fourth-order valence-electron chi connectivity index (χ4n) is 1.78. The van der Waals surface area contributed by atoms with Crippen molar-refractivity contribution in [2.75, 3.05) is 7.11 Å². The highest BCUT2D eigenvalue weighted by atomic mass is 79.9. The quantitative estimate of drug-likeness (QED) is 0.807. The third-order valence-corrected chi connectivity index (χ3v) is 4.36. The second kappa shape index (κ2) is 6.81. The van der Waals surface area contributed by atoms with E-state index in [-0.39, 0.29) is 0 Å². The van der Waals surface area contributed by atoms with Crippen molar-refractivity contribution in [3.05, 3.63) is 58.1 Å². The summed E-state index contributed by atoms with van der Waals surface area (Å²) >= 11 is 4.92. The van der Waals surface area contributed by atoms with E-state index in [1.54, 1.807) is 19.2 Å². The number of hydrogen-bond donors (Lipinski definition) is 1. The van der Waals surface area contributed by atoms with Crippen molar-refractivity contribution in [3.63, 3.8) is 0 Å². The summed E-state index contributed by atoms with van der Waals surface area (Å²) in [4.78, 5) is 11.9. The van der Waals surface area contributed by atoms with Crippen LogP contribution in [0.4, 0.5) is 0 Å². The molecule has 0 saturated carbocycles. The first-order chi connectivity index (χ1) is 9.61. The van der Waals surface area contributed by atoms with Gasteiger partial charge in [0.15, 0.2) is 0 Å². The standard InChI is InChI=1S/C15H13BrO3S/c1-19-13-7-6-11(16)8-10(13)9-20-14-5-3-2-4-12(14)15(17)18/h2-8H,9H2,1H3,(H,17,18). The minimum Gasteiger partial charge on any atom is -0.496 e. The minimum atomic E-state index is -0.908. The molecule has 0 bridgehead atoms. The Labute approximate surface area is 130 Å². The van der Waals surface area contributed by atoms with Gasteiger partial charge in [0, 0.05) is 20.7 Å². The number of carbonyl (C=O) groups is 1. The number of methoxy groups -OCH3 is 1. The Morgan fingerprint density at radius 1 is 1.30 bits per heavy atom. The van der Waals surface area contributed by atoms with E-state index in [0.29, 0.717) is 11.3 Å². The summed E-state index contributed by atoms with van der Waals surface area (Å²) in [6.45, 7) is 0. The number of carboxylic acid groups (broad SMARTS) is 1. The molecule has 0 radical (unpaired) electrons. The van der Waals surface area contributed by atoms with Crippen molar-refractivity contribution in [1.29, 1.82) is 0 Å². The highest BCUT2D eigenvalue weighted by Gasteiger charge is 2.11. The first-order valence-corrected chi connectivity index (χ1v) is 7.67. The van der Waals surface area contributed by atoms with Gasteiger partial charge >= 0.3 is 5.97 Å². The minimum absolute atomic E-state index is 0.325. The lowest BCUT2D eigenvalue weighted by Crippen LogP contribution is -1.98. The molecule has 5 heteroatoms. The Bertz CT molecular complexity index is 628. The third-order valence-electron chi connectivity index (χ3n) is 2.74. The molecule has 2 aromatic rings. The number of halogens is 1. The maximum atomic E-state index is 11.2. The molecule has 0 aliphatic rings. The molecule has 2 rings (SSSR count). The topological polar surface area (TPSA) is 46.5 Å². The summed E-state index contributed by atoms with van der Waals surface area (Å²) in [5.41, 5.74) is 1.35. The Kier molecular flexibility index (Phi) is 5.09. The Hall–Kier alpha value is -1.46. The van der Waals surface area contributed by atoms with Crippen molar-refractivity contribution < 1.29 is 14.6 Å². The summed E-state index contributed by atoms with van der Waals surface area (Å²) in [6.07, 6.45) is 0. The molecule has 2 aromatic carbocycles. The molecule has 0 aliphatic carbocycles. The first kappa shape index (κ1) is 14.9. The molecule has 0 spiro atoms. The number of thioether (sulfide) groups is 1. The first-order valence-electron chi connectivity index (χ1n) is 5.89. The Morgan fingerprint density at radius 3 is 2.75 bits per heavy atom. The highest BCUT2D eigenvalue weighted by molar-refractivity contribution is 9.10. The van der Waals surface area contributed by atoms with Crippen molar-refractivity contribution in [3.8, 4) is 5.75 Å². The smallest absolute Gasteiger partial charge is 0.336 e. The summed E-state index contributed by atoms with van der Waals surface area (Å²) < 4.78 is 6.29. The predicted octanol–water partition coefficient (Wildman–Crippen LogP) is 4.45. The van der Waals surface area contributed by atoms with Gasteiger partial charge in [0.25, 0.3) is 0 Å². The van der Waals surface area contributed by atoms with Crippen LogP contribution in [0.1, 0.15) is 15.9 Å². The second-order valence-corrected chi connectivity index (χ2v) is 5.98. The number of hydrogen-bond acceptors (Lipinski definition) is 3. The summed E-state index contributed by atoms with van der Waals surface area (Å²) in [5.74, 6) is 0.537. The molecule has 0 unspecified atom stereocenters. The number of benzene rings is 2. The van der Waals surface area contributed by atoms with Crippen molar-refractivity contribution >= 4 is 33.7 Å². The Balaban J connectivity index is 2.21. The SMILES string of the molecule is COc1ccc(Br)cc1CSc1ccccc1C(=O)O. The van der Waals surface area contributed by atoms with Gasteiger partial charge in [0.1, 0.15) is 5.75 Å². The molecular formula is C15H13BrO3S. The van der Waals surface area contributed by atoms with Crippen molar-refractivity contribution in [2.45, 2.75) is 10.6 Å². The van der Waals surface area contributed by atoms with E-state index >= 15 is 0 Å². The maximum absolute atomic E-state index is 11.2. The van der Waals surface area contributed by atoms with Crippen LogP contribution in [0.15, 0.2) is 51.8 Å². The summed E-state index contributed by atoms with van der Waals surface area (Å²) in [5, 5.41) is 9.16. The summed E-state index contributed by atoms with van der Waals surface area (Å²) in [7, 11) is 1.63. The number of ether oxygens (including phenoxy) is 1. The van der Waals surface area contributed by atoms with Crippen LogP contribution in [-0.2, 0) is 5.75 Å². The normalized spacial score (nSPS) is 10.3. The van der Waals surface area contributed by atoms with Gasteiger partial charge in [-0.1, -0.05) is 28.1 Å². The zero-order valence-corrected chi connectivity index (χ0v) is 13.2. The van der Waals surface area contributed by atoms with Gasteiger partial charge in [-0.3, -0.25) is 0 Å². The van der Waals surface area contributed by atoms with Crippen LogP contribution in [0, 0.1) is 0 Å². The van der Waals surface area contributed by atoms with E-state index in [2.05, 4.69) is 15.9 Å². The molecule has 0 fully saturated rings. The zero-order valence-electron chi connectivity index (χ0n) is 10.8. The molecule has 0 heterocycles. The second-order valence-electron chi connectivity index (χ2n) is 4.05. The van der Waals surface area contributed by atoms with Crippen LogP contribution in [0.2, 0.25) is 0 Å². The third kappa shape index (κ3) is 3.55. The van der Waals surface area contributed by atoms with Crippen LogP contribution in [0.3, 0.4) is 0 Å². The van der Waals surface area contributed by atoms with E-state index in [4.69, 9.17) is 9.84 Å². The van der Waals surface area contributed by atoms with Crippen LogP contribution in [-0.4, -0.2) is 18.2 Å². The Morgan fingerprint density at radius 2 is 2.05 bits per heavy atom. The van der Waals surface area contributed by atoms with Gasteiger partial charge in [-0.15, -0.1) is 11.8 Å². The lowest BCUT2D eigenvalue weighted by molar-refractivity contribution is 0.0693. The van der Waals surface area contributed by atoms with E-state index in [9.17, 15) is 4.79 Å². The van der Waals surface area contributed by atoms with Gasteiger partial charge < -0.3 is 9.84 Å². The van der Waals surface area contributed by atoms with Crippen molar-refractivity contribution in [1.82, 2.24) is 0 Å². The molecular weight excluding hydrogens is 340 g/mol.